The van der Waals surface area contributed by atoms with Crippen LogP contribution in [0.4, 0.5) is 5.95 Å². The highest BCUT2D eigenvalue weighted by Crippen LogP contribution is 2.24. The van der Waals surface area contributed by atoms with Crippen LogP contribution in [-0.2, 0) is 11.3 Å². The zero-order valence-corrected chi connectivity index (χ0v) is 15.2. The van der Waals surface area contributed by atoms with Crippen molar-refractivity contribution in [3.8, 4) is 0 Å². The standard InChI is InChI=1S/C20H21ClN4O/c21-16-8-2-1-6-14(16)12-22-19(26)15-7-5-11-25(13-15)20-23-17-9-3-4-10-18(17)24-20/h1-4,6,8-10,15H,5,7,11-13H2,(H,22,26)(H,23,24). The minimum Gasteiger partial charge on any atom is -0.352 e. The molecule has 3 aromatic rings. The lowest BCUT2D eigenvalue weighted by molar-refractivity contribution is -0.125. The van der Waals surface area contributed by atoms with Crippen molar-refractivity contribution in [2.75, 3.05) is 18.0 Å². The van der Waals surface area contributed by atoms with Gasteiger partial charge in [-0.3, -0.25) is 4.79 Å². The fourth-order valence-corrected chi connectivity index (χ4v) is 3.64. The summed E-state index contributed by atoms with van der Waals surface area (Å²) in [4.78, 5) is 22.8. The molecule has 134 valence electrons. The molecule has 0 bridgehead atoms. The second-order valence-corrected chi connectivity index (χ2v) is 7.08. The van der Waals surface area contributed by atoms with E-state index in [1.807, 2.05) is 48.5 Å². The Hall–Kier alpha value is -2.53. The van der Waals surface area contributed by atoms with Crippen molar-refractivity contribution in [1.29, 1.82) is 0 Å². The van der Waals surface area contributed by atoms with E-state index in [2.05, 4.69) is 20.2 Å². The summed E-state index contributed by atoms with van der Waals surface area (Å²) in [5.74, 6) is 0.875. The van der Waals surface area contributed by atoms with Gasteiger partial charge in [-0.05, 0) is 36.6 Å². The normalized spacial score (nSPS) is 17.4. The molecule has 1 amide bonds. The molecule has 2 aromatic carbocycles. The number of fused-ring (bicyclic) bond motifs is 1. The van der Waals surface area contributed by atoms with Crippen LogP contribution in [0.5, 0.6) is 0 Å². The van der Waals surface area contributed by atoms with Gasteiger partial charge in [-0.15, -0.1) is 0 Å². The number of piperidine rings is 1. The first kappa shape index (κ1) is 16.9. The van der Waals surface area contributed by atoms with Gasteiger partial charge < -0.3 is 15.2 Å². The Morgan fingerprint density at radius 3 is 2.88 bits per heavy atom. The van der Waals surface area contributed by atoms with Gasteiger partial charge >= 0.3 is 0 Å². The molecule has 0 saturated carbocycles. The van der Waals surface area contributed by atoms with Gasteiger partial charge in [0.15, 0.2) is 0 Å². The zero-order valence-electron chi connectivity index (χ0n) is 14.4. The number of hydrogen-bond acceptors (Lipinski definition) is 3. The third kappa shape index (κ3) is 3.53. The van der Waals surface area contributed by atoms with Crippen molar-refractivity contribution in [3.05, 3.63) is 59.1 Å². The zero-order chi connectivity index (χ0) is 17.9. The Kier molecular flexibility index (Phi) is 4.80. The average Bonchev–Trinajstić information content (AvgIpc) is 3.11. The Bertz CT molecular complexity index is 890. The number of para-hydroxylation sites is 2. The number of aromatic nitrogens is 2. The van der Waals surface area contributed by atoms with Gasteiger partial charge in [0.1, 0.15) is 0 Å². The number of hydrogen-bond donors (Lipinski definition) is 2. The smallest absolute Gasteiger partial charge is 0.225 e. The van der Waals surface area contributed by atoms with Gasteiger partial charge in [0.25, 0.3) is 0 Å². The maximum absolute atomic E-state index is 12.6. The number of nitrogens with zero attached hydrogens (tertiary/aromatic N) is 2. The minimum absolute atomic E-state index is 0.0422. The summed E-state index contributed by atoms with van der Waals surface area (Å²) < 4.78 is 0. The van der Waals surface area contributed by atoms with Crippen LogP contribution in [0.3, 0.4) is 0 Å². The Morgan fingerprint density at radius 1 is 1.23 bits per heavy atom. The van der Waals surface area contributed by atoms with Crippen molar-refractivity contribution in [2.45, 2.75) is 19.4 Å². The van der Waals surface area contributed by atoms with Crippen molar-refractivity contribution in [1.82, 2.24) is 15.3 Å². The van der Waals surface area contributed by atoms with Crippen LogP contribution in [0.1, 0.15) is 18.4 Å². The van der Waals surface area contributed by atoms with Crippen LogP contribution in [0, 0.1) is 5.92 Å². The number of amides is 1. The number of H-pyrrole nitrogens is 1. The van der Waals surface area contributed by atoms with Gasteiger partial charge in [-0.1, -0.05) is 41.9 Å². The highest BCUT2D eigenvalue weighted by Gasteiger charge is 2.27. The van der Waals surface area contributed by atoms with E-state index in [0.717, 1.165) is 41.9 Å². The largest absolute Gasteiger partial charge is 0.352 e. The lowest BCUT2D eigenvalue weighted by Crippen LogP contribution is -2.43. The van der Waals surface area contributed by atoms with Crippen LogP contribution in [0.15, 0.2) is 48.5 Å². The summed E-state index contributed by atoms with van der Waals surface area (Å²) in [6.07, 6.45) is 1.87. The van der Waals surface area contributed by atoms with Crippen LogP contribution >= 0.6 is 11.6 Å². The molecule has 6 heteroatoms. The van der Waals surface area contributed by atoms with Crippen molar-refractivity contribution >= 4 is 34.5 Å². The van der Waals surface area contributed by atoms with Crippen molar-refractivity contribution in [2.24, 2.45) is 5.92 Å². The summed E-state index contributed by atoms with van der Waals surface area (Å²) in [6.45, 7) is 2.04. The molecular formula is C20H21ClN4O. The minimum atomic E-state index is -0.0422. The number of nitrogens with one attached hydrogen (secondary N) is 2. The van der Waals surface area contributed by atoms with Gasteiger partial charge in [0, 0.05) is 24.7 Å². The number of aromatic amines is 1. The third-order valence-electron chi connectivity index (χ3n) is 4.88. The summed E-state index contributed by atoms with van der Waals surface area (Å²) in [5, 5.41) is 3.71. The van der Waals surface area contributed by atoms with E-state index in [-0.39, 0.29) is 11.8 Å². The second-order valence-electron chi connectivity index (χ2n) is 6.67. The number of halogens is 1. The average molecular weight is 369 g/mol. The predicted octanol–water partition coefficient (Wildman–Crippen LogP) is 3.75. The Balaban J connectivity index is 1.41. The molecule has 2 N–H and O–H groups in total. The molecule has 1 fully saturated rings. The first-order valence-corrected chi connectivity index (χ1v) is 9.29. The molecule has 1 atom stereocenters. The van der Waals surface area contributed by atoms with Crippen LogP contribution in [-0.4, -0.2) is 29.0 Å². The summed E-state index contributed by atoms with van der Waals surface area (Å²) >= 11 is 6.16. The number of anilines is 1. The van der Waals surface area contributed by atoms with E-state index >= 15 is 0 Å². The molecule has 0 aliphatic carbocycles. The molecule has 1 aliphatic heterocycles. The van der Waals surface area contributed by atoms with E-state index in [1.54, 1.807) is 0 Å². The fraction of sp³-hybridized carbons (Fsp3) is 0.300. The maximum atomic E-state index is 12.6. The second kappa shape index (κ2) is 7.38. The van der Waals surface area contributed by atoms with E-state index in [9.17, 15) is 4.79 Å². The number of carbonyl (C=O) groups is 1. The molecule has 1 aliphatic rings. The lowest BCUT2D eigenvalue weighted by Gasteiger charge is -2.31. The number of benzene rings is 2. The first-order chi connectivity index (χ1) is 12.7. The summed E-state index contributed by atoms with van der Waals surface area (Å²) in [6, 6.07) is 15.6. The molecule has 0 spiro atoms. The topological polar surface area (TPSA) is 61.0 Å². The third-order valence-corrected chi connectivity index (χ3v) is 5.25. The van der Waals surface area contributed by atoms with Crippen LogP contribution in [0.25, 0.3) is 11.0 Å². The Morgan fingerprint density at radius 2 is 2.04 bits per heavy atom. The van der Waals surface area contributed by atoms with E-state index in [0.29, 0.717) is 18.1 Å². The Labute approximate surface area is 157 Å². The van der Waals surface area contributed by atoms with Crippen molar-refractivity contribution in [3.63, 3.8) is 0 Å². The van der Waals surface area contributed by atoms with Crippen LogP contribution in [0.2, 0.25) is 5.02 Å². The fourth-order valence-electron chi connectivity index (χ4n) is 3.44. The first-order valence-electron chi connectivity index (χ1n) is 8.91. The molecule has 5 nitrogen and oxygen atoms in total. The molecule has 1 saturated heterocycles. The number of carbonyl (C=O) groups excluding carboxylic acids is 1. The number of imidazole rings is 1. The monoisotopic (exact) mass is 368 g/mol. The number of rotatable bonds is 4. The molecule has 4 rings (SSSR count). The van der Waals surface area contributed by atoms with E-state index < -0.39 is 0 Å². The van der Waals surface area contributed by atoms with E-state index in [4.69, 9.17) is 11.6 Å². The summed E-state index contributed by atoms with van der Waals surface area (Å²) in [5.41, 5.74) is 2.91. The molecular weight excluding hydrogens is 348 g/mol. The van der Waals surface area contributed by atoms with Gasteiger partial charge in [0.2, 0.25) is 11.9 Å². The molecule has 2 heterocycles. The lowest BCUT2D eigenvalue weighted by atomic mass is 9.97. The highest BCUT2D eigenvalue weighted by molar-refractivity contribution is 6.31. The summed E-state index contributed by atoms with van der Waals surface area (Å²) in [7, 11) is 0. The highest BCUT2D eigenvalue weighted by atomic mass is 35.5. The quantitative estimate of drug-likeness (QED) is 0.737. The van der Waals surface area contributed by atoms with Crippen LogP contribution < -0.4 is 10.2 Å². The predicted molar refractivity (Wildman–Crippen MR) is 104 cm³/mol. The molecule has 1 unspecified atom stereocenters. The molecule has 1 aromatic heterocycles. The van der Waals surface area contributed by atoms with Gasteiger partial charge in [-0.2, -0.15) is 0 Å². The SMILES string of the molecule is O=C(NCc1ccccc1Cl)C1CCCN(c2nc3ccccc3[nH]2)C1. The van der Waals surface area contributed by atoms with Crippen molar-refractivity contribution < 1.29 is 4.79 Å². The maximum Gasteiger partial charge on any atom is 0.225 e. The molecule has 26 heavy (non-hydrogen) atoms. The molecule has 0 radical (unpaired) electrons. The van der Waals surface area contributed by atoms with Gasteiger partial charge in [0.05, 0.1) is 17.0 Å². The van der Waals surface area contributed by atoms with E-state index in [1.165, 1.54) is 0 Å². The van der Waals surface area contributed by atoms with Gasteiger partial charge in [-0.25, -0.2) is 4.98 Å².